The Kier molecular flexibility index (Phi) is 5.69. The van der Waals surface area contributed by atoms with Crippen molar-refractivity contribution in [1.29, 1.82) is 0 Å². The largest absolute Gasteiger partial charge is 0.343 e. The zero-order chi connectivity index (χ0) is 11.1. The molecule has 0 atom stereocenters. The van der Waals surface area contributed by atoms with Crippen LogP contribution < -0.4 is 5.32 Å². The fourth-order valence-corrected chi connectivity index (χ4v) is 2.10. The molecule has 88 valence electrons. The minimum Gasteiger partial charge on any atom is -0.343 e. The number of hydrogen-bond donors (Lipinski definition) is 1. The van der Waals surface area contributed by atoms with E-state index in [4.69, 9.17) is 0 Å². The number of carbonyl (C=O) groups excluding carboxylic acids is 1. The second kappa shape index (κ2) is 6.83. The fraction of sp³-hybridized carbons (Fsp3) is 0.917. The molecule has 3 heteroatoms. The molecule has 0 aliphatic carbocycles. The van der Waals surface area contributed by atoms with Crippen molar-refractivity contribution in [3.8, 4) is 0 Å². The Bertz CT molecular complexity index is 188. The predicted molar refractivity (Wildman–Crippen MR) is 62.8 cm³/mol. The molecule has 0 aromatic rings. The lowest BCUT2D eigenvalue weighted by atomic mass is 9.96. The molecule has 1 rings (SSSR count). The van der Waals surface area contributed by atoms with Crippen LogP contribution >= 0.6 is 0 Å². The zero-order valence-corrected chi connectivity index (χ0v) is 10.1. The van der Waals surface area contributed by atoms with Gasteiger partial charge in [-0.05, 0) is 39.3 Å². The maximum absolute atomic E-state index is 12.1. The summed E-state index contributed by atoms with van der Waals surface area (Å²) >= 11 is 0. The highest BCUT2D eigenvalue weighted by Gasteiger charge is 2.24. The second-order valence-corrected chi connectivity index (χ2v) is 4.30. The van der Waals surface area contributed by atoms with E-state index in [0.717, 1.165) is 51.9 Å². The van der Waals surface area contributed by atoms with Crippen molar-refractivity contribution < 1.29 is 4.79 Å². The lowest BCUT2D eigenvalue weighted by Crippen LogP contribution is -2.41. The van der Waals surface area contributed by atoms with Crippen LogP contribution in [-0.4, -0.2) is 37.0 Å². The van der Waals surface area contributed by atoms with Gasteiger partial charge in [-0.25, -0.2) is 0 Å². The van der Waals surface area contributed by atoms with E-state index in [0.29, 0.717) is 5.91 Å². The van der Waals surface area contributed by atoms with Gasteiger partial charge in [0, 0.05) is 19.0 Å². The van der Waals surface area contributed by atoms with Crippen LogP contribution in [0.25, 0.3) is 0 Å². The first-order chi connectivity index (χ1) is 7.29. The Labute approximate surface area is 93.2 Å². The number of unbranched alkanes of at least 4 members (excludes halogenated alkanes) is 1. The maximum Gasteiger partial charge on any atom is 0.225 e. The van der Waals surface area contributed by atoms with Crippen LogP contribution in [-0.2, 0) is 4.79 Å². The van der Waals surface area contributed by atoms with Gasteiger partial charge in [-0.15, -0.1) is 0 Å². The fourth-order valence-electron chi connectivity index (χ4n) is 2.10. The second-order valence-electron chi connectivity index (χ2n) is 4.30. The molecule has 0 radical (unpaired) electrons. The van der Waals surface area contributed by atoms with Gasteiger partial charge in [-0.1, -0.05) is 13.3 Å². The number of nitrogens with zero attached hydrogens (tertiary/aromatic N) is 1. The van der Waals surface area contributed by atoms with Gasteiger partial charge in [0.25, 0.3) is 0 Å². The van der Waals surface area contributed by atoms with Gasteiger partial charge in [0.1, 0.15) is 0 Å². The summed E-state index contributed by atoms with van der Waals surface area (Å²) in [5.41, 5.74) is 0. The number of rotatable bonds is 5. The molecule has 15 heavy (non-hydrogen) atoms. The smallest absolute Gasteiger partial charge is 0.225 e. The molecular formula is C12H24N2O. The molecule has 1 aliphatic heterocycles. The number of nitrogens with one attached hydrogen (secondary N) is 1. The summed E-state index contributed by atoms with van der Waals surface area (Å²) in [5.74, 6) is 0.663. The van der Waals surface area contributed by atoms with Crippen LogP contribution in [0.1, 0.15) is 39.5 Å². The molecule has 1 aliphatic rings. The number of amides is 1. The molecule has 1 saturated heterocycles. The van der Waals surface area contributed by atoms with E-state index < -0.39 is 0 Å². The first kappa shape index (κ1) is 12.5. The highest BCUT2D eigenvalue weighted by Crippen LogP contribution is 2.15. The Morgan fingerprint density at radius 3 is 2.53 bits per heavy atom. The molecule has 0 spiro atoms. The summed E-state index contributed by atoms with van der Waals surface area (Å²) in [6, 6.07) is 0. The van der Waals surface area contributed by atoms with Crippen molar-refractivity contribution >= 4 is 5.91 Å². The third-order valence-electron chi connectivity index (χ3n) is 3.16. The monoisotopic (exact) mass is 212 g/mol. The Morgan fingerprint density at radius 2 is 2.00 bits per heavy atom. The minimum atomic E-state index is 0.281. The number of hydrogen-bond acceptors (Lipinski definition) is 2. The van der Waals surface area contributed by atoms with Gasteiger partial charge in [0.2, 0.25) is 5.91 Å². The van der Waals surface area contributed by atoms with Crippen LogP contribution in [0.3, 0.4) is 0 Å². The first-order valence-corrected chi connectivity index (χ1v) is 6.29. The molecule has 0 aromatic heterocycles. The molecule has 1 heterocycles. The lowest BCUT2D eigenvalue weighted by Gasteiger charge is -2.28. The van der Waals surface area contributed by atoms with E-state index in [1.165, 1.54) is 0 Å². The molecule has 1 amide bonds. The molecule has 0 bridgehead atoms. The highest BCUT2D eigenvalue weighted by molar-refractivity contribution is 5.78. The average molecular weight is 212 g/mol. The van der Waals surface area contributed by atoms with Crippen molar-refractivity contribution in [2.75, 3.05) is 26.2 Å². The highest BCUT2D eigenvalue weighted by atomic mass is 16.2. The van der Waals surface area contributed by atoms with Crippen LogP contribution in [0.4, 0.5) is 0 Å². The van der Waals surface area contributed by atoms with Crippen molar-refractivity contribution in [3.05, 3.63) is 0 Å². The third kappa shape index (κ3) is 3.82. The van der Waals surface area contributed by atoms with E-state index in [1.807, 2.05) is 4.90 Å². The summed E-state index contributed by atoms with van der Waals surface area (Å²) in [6.45, 7) is 8.06. The van der Waals surface area contributed by atoms with Crippen molar-refractivity contribution in [1.82, 2.24) is 10.2 Å². The SMILES string of the molecule is CCCCN(CC)C(=O)C1CCNCC1. The van der Waals surface area contributed by atoms with Gasteiger partial charge in [-0.2, -0.15) is 0 Å². The standard InChI is InChI=1S/C12H24N2O/c1-3-5-10-14(4-2)12(15)11-6-8-13-9-7-11/h11,13H,3-10H2,1-2H3. The van der Waals surface area contributed by atoms with Gasteiger partial charge in [0.05, 0.1) is 0 Å². The van der Waals surface area contributed by atoms with Gasteiger partial charge < -0.3 is 10.2 Å². The predicted octanol–water partition coefficient (Wildman–Crippen LogP) is 1.63. The Morgan fingerprint density at radius 1 is 1.33 bits per heavy atom. The number of carbonyl (C=O) groups is 1. The Balaban J connectivity index is 2.40. The quantitative estimate of drug-likeness (QED) is 0.751. The molecule has 0 unspecified atom stereocenters. The first-order valence-electron chi connectivity index (χ1n) is 6.29. The van der Waals surface area contributed by atoms with Crippen LogP contribution in [0.15, 0.2) is 0 Å². The summed E-state index contributed by atoms with van der Waals surface area (Å²) in [5, 5.41) is 3.30. The van der Waals surface area contributed by atoms with E-state index >= 15 is 0 Å². The van der Waals surface area contributed by atoms with E-state index in [-0.39, 0.29) is 5.92 Å². The van der Waals surface area contributed by atoms with Crippen molar-refractivity contribution in [2.45, 2.75) is 39.5 Å². The summed E-state index contributed by atoms with van der Waals surface area (Å²) in [4.78, 5) is 14.2. The van der Waals surface area contributed by atoms with Crippen molar-refractivity contribution in [2.24, 2.45) is 5.92 Å². The zero-order valence-electron chi connectivity index (χ0n) is 10.1. The van der Waals surface area contributed by atoms with Crippen molar-refractivity contribution in [3.63, 3.8) is 0 Å². The van der Waals surface area contributed by atoms with Crippen LogP contribution in [0.5, 0.6) is 0 Å². The molecule has 0 saturated carbocycles. The molecule has 1 fully saturated rings. The summed E-state index contributed by atoms with van der Waals surface area (Å²) in [6.07, 6.45) is 4.32. The molecule has 0 aromatic carbocycles. The maximum atomic E-state index is 12.1. The molecule has 1 N–H and O–H groups in total. The minimum absolute atomic E-state index is 0.281. The molecular weight excluding hydrogens is 188 g/mol. The number of piperidine rings is 1. The summed E-state index contributed by atoms with van der Waals surface area (Å²) < 4.78 is 0. The Hall–Kier alpha value is -0.570. The normalized spacial score (nSPS) is 17.7. The summed E-state index contributed by atoms with van der Waals surface area (Å²) in [7, 11) is 0. The van der Waals surface area contributed by atoms with Crippen LogP contribution in [0, 0.1) is 5.92 Å². The van der Waals surface area contributed by atoms with Gasteiger partial charge in [0.15, 0.2) is 0 Å². The topological polar surface area (TPSA) is 32.3 Å². The van der Waals surface area contributed by atoms with Gasteiger partial charge >= 0.3 is 0 Å². The van der Waals surface area contributed by atoms with Gasteiger partial charge in [-0.3, -0.25) is 4.79 Å². The third-order valence-corrected chi connectivity index (χ3v) is 3.16. The van der Waals surface area contributed by atoms with E-state index in [1.54, 1.807) is 0 Å². The average Bonchev–Trinajstić information content (AvgIpc) is 2.31. The van der Waals surface area contributed by atoms with Crippen LogP contribution in [0.2, 0.25) is 0 Å². The lowest BCUT2D eigenvalue weighted by molar-refractivity contribution is -0.136. The van der Waals surface area contributed by atoms with E-state index in [2.05, 4.69) is 19.2 Å². The molecule has 3 nitrogen and oxygen atoms in total. The van der Waals surface area contributed by atoms with E-state index in [9.17, 15) is 4.79 Å².